The minimum atomic E-state index is 0.0465. The molecule has 1 saturated heterocycles. The van der Waals surface area contributed by atoms with Crippen molar-refractivity contribution in [2.24, 2.45) is 5.92 Å². The maximum atomic E-state index is 11.7. The van der Waals surface area contributed by atoms with E-state index in [0.29, 0.717) is 38.3 Å². The van der Waals surface area contributed by atoms with E-state index in [-0.39, 0.29) is 11.8 Å². The second-order valence-corrected chi connectivity index (χ2v) is 3.90. The minimum Gasteiger partial charge on any atom is -0.384 e. The predicted octanol–water partition coefficient (Wildman–Crippen LogP) is 0.850. The zero-order chi connectivity index (χ0) is 11.3. The fourth-order valence-electron chi connectivity index (χ4n) is 1.84. The summed E-state index contributed by atoms with van der Waals surface area (Å²) in [5.41, 5.74) is 0. The molecular formula is C11H19NO3. The summed E-state index contributed by atoms with van der Waals surface area (Å²) < 4.78 is 4.86. The van der Waals surface area contributed by atoms with Gasteiger partial charge in [-0.25, -0.2) is 0 Å². The van der Waals surface area contributed by atoms with Crippen LogP contribution in [0, 0.1) is 5.92 Å². The van der Waals surface area contributed by atoms with Crippen LogP contribution in [0.5, 0.6) is 0 Å². The smallest absolute Gasteiger partial charge is 0.224 e. The van der Waals surface area contributed by atoms with Crippen LogP contribution in [-0.2, 0) is 14.3 Å². The molecule has 1 amide bonds. The third kappa shape index (κ3) is 3.30. The molecule has 1 aliphatic rings. The van der Waals surface area contributed by atoms with E-state index in [1.165, 1.54) is 0 Å². The van der Waals surface area contributed by atoms with Crippen molar-refractivity contribution in [2.45, 2.75) is 26.2 Å². The van der Waals surface area contributed by atoms with Gasteiger partial charge >= 0.3 is 0 Å². The molecule has 4 heteroatoms. The van der Waals surface area contributed by atoms with Gasteiger partial charge in [-0.05, 0) is 6.42 Å². The van der Waals surface area contributed by atoms with Gasteiger partial charge < -0.3 is 9.64 Å². The lowest BCUT2D eigenvalue weighted by Crippen LogP contribution is -2.44. The average molecular weight is 213 g/mol. The van der Waals surface area contributed by atoms with Crippen molar-refractivity contribution in [1.29, 1.82) is 0 Å². The number of amides is 1. The Bertz CT molecular complexity index is 240. The van der Waals surface area contributed by atoms with E-state index in [4.69, 9.17) is 4.74 Å². The van der Waals surface area contributed by atoms with Crippen LogP contribution in [0.2, 0.25) is 0 Å². The largest absolute Gasteiger partial charge is 0.384 e. The van der Waals surface area contributed by atoms with Crippen LogP contribution in [0.1, 0.15) is 26.2 Å². The molecule has 1 unspecified atom stereocenters. The number of rotatable bonds is 4. The molecule has 86 valence electrons. The molecular weight excluding hydrogens is 194 g/mol. The molecule has 0 aliphatic carbocycles. The Morgan fingerprint density at radius 3 is 2.93 bits per heavy atom. The number of methoxy groups -OCH3 is 1. The van der Waals surface area contributed by atoms with Crippen LogP contribution in [0.3, 0.4) is 0 Å². The Hall–Kier alpha value is -0.900. The highest BCUT2D eigenvalue weighted by atomic mass is 16.5. The number of carbonyl (C=O) groups excluding carboxylic acids is 2. The number of hydrogen-bond acceptors (Lipinski definition) is 3. The normalized spacial score (nSPS) is 21.9. The van der Waals surface area contributed by atoms with Crippen molar-refractivity contribution in [1.82, 2.24) is 4.90 Å². The van der Waals surface area contributed by atoms with Crippen molar-refractivity contribution in [3.05, 3.63) is 0 Å². The van der Waals surface area contributed by atoms with E-state index in [2.05, 4.69) is 0 Å². The van der Waals surface area contributed by atoms with Gasteiger partial charge in [-0.2, -0.15) is 0 Å². The second kappa shape index (κ2) is 5.85. The van der Waals surface area contributed by atoms with Crippen LogP contribution in [0.15, 0.2) is 0 Å². The monoisotopic (exact) mass is 213 g/mol. The topological polar surface area (TPSA) is 46.6 Å². The first-order valence-corrected chi connectivity index (χ1v) is 5.48. The van der Waals surface area contributed by atoms with Gasteiger partial charge in [-0.1, -0.05) is 6.92 Å². The molecule has 0 spiro atoms. The first kappa shape index (κ1) is 12.2. The highest BCUT2D eigenvalue weighted by molar-refractivity contribution is 5.85. The van der Waals surface area contributed by atoms with Crippen molar-refractivity contribution in [3.63, 3.8) is 0 Å². The maximum Gasteiger partial charge on any atom is 0.224 e. The molecule has 0 aromatic carbocycles. The first-order chi connectivity index (χ1) is 7.19. The number of ether oxygens (including phenoxy) is 1. The van der Waals surface area contributed by atoms with Crippen LogP contribution < -0.4 is 0 Å². The summed E-state index contributed by atoms with van der Waals surface area (Å²) in [6.07, 6.45) is 1.76. The SMILES string of the molecule is CCC1CN(C(=O)CCOC)CCC1=O. The molecule has 0 N–H and O–H groups in total. The van der Waals surface area contributed by atoms with Gasteiger partial charge in [-0.15, -0.1) is 0 Å². The number of hydrogen-bond donors (Lipinski definition) is 0. The number of piperidine rings is 1. The summed E-state index contributed by atoms with van der Waals surface area (Å²) in [7, 11) is 1.59. The molecule has 0 radical (unpaired) electrons. The highest BCUT2D eigenvalue weighted by Crippen LogP contribution is 2.16. The fourth-order valence-corrected chi connectivity index (χ4v) is 1.84. The van der Waals surface area contributed by atoms with Crippen molar-refractivity contribution in [3.8, 4) is 0 Å². The summed E-state index contributed by atoms with van der Waals surface area (Å²) in [4.78, 5) is 24.9. The summed E-state index contributed by atoms with van der Waals surface area (Å²) >= 11 is 0. The molecule has 1 fully saturated rings. The third-order valence-electron chi connectivity index (χ3n) is 2.89. The van der Waals surface area contributed by atoms with Crippen LogP contribution in [0.4, 0.5) is 0 Å². The molecule has 15 heavy (non-hydrogen) atoms. The standard InChI is InChI=1S/C11H19NO3/c1-3-9-8-12(6-4-10(9)13)11(14)5-7-15-2/h9H,3-8H2,1-2H3. The van der Waals surface area contributed by atoms with Crippen molar-refractivity contribution in [2.75, 3.05) is 26.8 Å². The maximum absolute atomic E-state index is 11.7. The molecule has 1 heterocycles. The fraction of sp³-hybridized carbons (Fsp3) is 0.818. The summed E-state index contributed by atoms with van der Waals surface area (Å²) in [6, 6.07) is 0. The van der Waals surface area contributed by atoms with Crippen LogP contribution in [0.25, 0.3) is 0 Å². The van der Waals surface area contributed by atoms with Gasteiger partial charge in [-0.3, -0.25) is 9.59 Å². The summed E-state index contributed by atoms with van der Waals surface area (Å²) in [6.45, 7) is 3.63. The Labute approximate surface area is 90.6 Å². The van der Waals surface area contributed by atoms with Crippen LogP contribution in [-0.4, -0.2) is 43.4 Å². The zero-order valence-corrected chi connectivity index (χ0v) is 9.49. The Morgan fingerprint density at radius 1 is 1.60 bits per heavy atom. The molecule has 1 atom stereocenters. The van der Waals surface area contributed by atoms with Gasteiger partial charge in [0.05, 0.1) is 13.0 Å². The summed E-state index contributed by atoms with van der Waals surface area (Å²) in [5.74, 6) is 0.446. The lowest BCUT2D eigenvalue weighted by molar-refractivity contribution is -0.137. The van der Waals surface area contributed by atoms with Crippen molar-refractivity contribution >= 4 is 11.7 Å². The first-order valence-electron chi connectivity index (χ1n) is 5.48. The molecule has 0 saturated carbocycles. The number of nitrogens with zero attached hydrogens (tertiary/aromatic N) is 1. The van der Waals surface area contributed by atoms with E-state index in [1.54, 1.807) is 12.0 Å². The molecule has 1 aliphatic heterocycles. The van der Waals surface area contributed by atoms with Gasteiger partial charge in [0.2, 0.25) is 5.91 Å². The molecule has 0 aromatic rings. The lowest BCUT2D eigenvalue weighted by Gasteiger charge is -2.31. The van der Waals surface area contributed by atoms with E-state index in [1.807, 2.05) is 6.92 Å². The number of Topliss-reactive ketones (excluding diaryl/α,β-unsaturated/α-hetero) is 1. The number of ketones is 1. The zero-order valence-electron chi connectivity index (χ0n) is 9.49. The average Bonchev–Trinajstić information content (AvgIpc) is 2.26. The van der Waals surface area contributed by atoms with E-state index in [9.17, 15) is 9.59 Å². The molecule has 4 nitrogen and oxygen atoms in total. The molecule has 0 aromatic heterocycles. The van der Waals surface area contributed by atoms with Gasteiger partial charge in [0.15, 0.2) is 0 Å². The van der Waals surface area contributed by atoms with E-state index in [0.717, 1.165) is 6.42 Å². The summed E-state index contributed by atoms with van der Waals surface area (Å²) in [5, 5.41) is 0. The Balaban J connectivity index is 2.43. The second-order valence-electron chi connectivity index (χ2n) is 3.90. The Morgan fingerprint density at radius 2 is 2.33 bits per heavy atom. The predicted molar refractivity (Wildman–Crippen MR) is 56.5 cm³/mol. The minimum absolute atomic E-state index is 0.0465. The lowest BCUT2D eigenvalue weighted by atomic mass is 9.94. The van der Waals surface area contributed by atoms with Gasteiger partial charge in [0.25, 0.3) is 0 Å². The van der Waals surface area contributed by atoms with Gasteiger partial charge in [0.1, 0.15) is 5.78 Å². The van der Waals surface area contributed by atoms with E-state index >= 15 is 0 Å². The van der Waals surface area contributed by atoms with E-state index < -0.39 is 0 Å². The highest BCUT2D eigenvalue weighted by Gasteiger charge is 2.27. The molecule has 1 rings (SSSR count). The van der Waals surface area contributed by atoms with Gasteiger partial charge in [0, 0.05) is 32.5 Å². The number of carbonyl (C=O) groups is 2. The van der Waals surface area contributed by atoms with Crippen molar-refractivity contribution < 1.29 is 14.3 Å². The quantitative estimate of drug-likeness (QED) is 0.695. The molecule has 0 bridgehead atoms. The Kier molecular flexibility index (Phi) is 4.75. The van der Waals surface area contributed by atoms with Crippen LogP contribution >= 0.6 is 0 Å². The number of likely N-dealkylation sites (tertiary alicyclic amines) is 1. The third-order valence-corrected chi connectivity index (χ3v) is 2.89.